The largest absolute Gasteiger partial charge is 0.324 e. The lowest BCUT2D eigenvalue weighted by Gasteiger charge is -2.38. The Balaban J connectivity index is 0. The van der Waals surface area contributed by atoms with Crippen molar-refractivity contribution in [1.82, 2.24) is 0 Å². The average molecular weight is 681 g/mol. The highest BCUT2D eigenvalue weighted by Gasteiger charge is 2.25. The minimum absolute atomic E-state index is 1.35. The molecule has 0 aromatic carbocycles. The zero-order valence-corrected chi connectivity index (χ0v) is 35.8. The molecule has 0 unspecified atom stereocenters. The van der Waals surface area contributed by atoms with Gasteiger partial charge >= 0.3 is 0 Å². The van der Waals surface area contributed by atoms with Crippen LogP contribution >= 0.6 is 0 Å². The molecule has 0 aliphatic rings. The van der Waals surface area contributed by atoms with Gasteiger partial charge in [-0.1, -0.05) is 157 Å². The molecule has 0 amide bonds. The molecule has 0 fully saturated rings. The van der Waals surface area contributed by atoms with E-state index in [4.69, 9.17) is 0 Å². The van der Waals surface area contributed by atoms with E-state index in [2.05, 4.69) is 55.4 Å². The molecule has 0 heterocycles. The smallest absolute Gasteiger partial charge is 0.0786 e. The number of unbranched alkanes of at least 4 members (excludes halogenated alkanes) is 24. The summed E-state index contributed by atoms with van der Waals surface area (Å²) in [4.78, 5) is 0. The third kappa shape index (κ3) is 31.9. The van der Waals surface area contributed by atoms with Crippen molar-refractivity contribution in [1.29, 1.82) is 0 Å². The highest BCUT2D eigenvalue weighted by Crippen LogP contribution is 2.19. The molecule has 0 atom stereocenters. The van der Waals surface area contributed by atoms with E-state index < -0.39 is 0 Å². The summed E-state index contributed by atoms with van der Waals surface area (Å²) in [6, 6.07) is 0. The van der Waals surface area contributed by atoms with Crippen molar-refractivity contribution in [3.8, 4) is 0 Å². The quantitative estimate of drug-likeness (QED) is 0.0450. The number of nitrogens with zero attached hydrogens (tertiary/aromatic N) is 2. The second-order valence-electron chi connectivity index (χ2n) is 16.1. The first-order valence-electron chi connectivity index (χ1n) is 23.2. The molecule has 0 aromatic heterocycles. The Morgan fingerprint density at radius 3 is 0.500 bits per heavy atom. The van der Waals surface area contributed by atoms with E-state index >= 15 is 0 Å². The Bertz CT molecular complexity index is 500. The van der Waals surface area contributed by atoms with Crippen LogP contribution in [0.25, 0.3) is 0 Å². The number of hydrogen-bond acceptors (Lipinski definition) is 0. The third-order valence-corrected chi connectivity index (χ3v) is 11.8. The summed E-state index contributed by atoms with van der Waals surface area (Å²) >= 11 is 0. The lowest BCUT2D eigenvalue weighted by Crippen LogP contribution is -2.50. The van der Waals surface area contributed by atoms with Gasteiger partial charge in [0.15, 0.2) is 0 Å². The van der Waals surface area contributed by atoms with Crippen LogP contribution in [0.4, 0.5) is 0 Å². The van der Waals surface area contributed by atoms with Gasteiger partial charge in [0.05, 0.1) is 52.4 Å². The van der Waals surface area contributed by atoms with Crippen molar-refractivity contribution >= 4 is 0 Å². The van der Waals surface area contributed by atoms with Gasteiger partial charge in [0, 0.05) is 0 Å². The molecule has 0 saturated heterocycles. The molecule has 0 rings (SSSR count). The lowest BCUT2D eigenvalue weighted by atomic mass is 10.1. The summed E-state index contributed by atoms with van der Waals surface area (Å²) in [7, 11) is 0. The van der Waals surface area contributed by atoms with E-state index in [1.54, 1.807) is 0 Å². The predicted molar refractivity (Wildman–Crippen MR) is 223 cm³/mol. The van der Waals surface area contributed by atoms with Gasteiger partial charge in [-0.15, -0.1) is 0 Å². The van der Waals surface area contributed by atoms with Gasteiger partial charge in [0.1, 0.15) is 0 Å². The third-order valence-electron chi connectivity index (χ3n) is 11.8. The van der Waals surface area contributed by atoms with E-state index in [1.165, 1.54) is 254 Å². The van der Waals surface area contributed by atoms with Gasteiger partial charge in [-0.2, -0.15) is 0 Å². The molecule has 0 bridgehead atoms. The fourth-order valence-electron chi connectivity index (χ4n) is 7.92. The summed E-state index contributed by atoms with van der Waals surface area (Å²) in [5.41, 5.74) is 0. The number of quaternary nitrogens is 2. The fourth-order valence-corrected chi connectivity index (χ4v) is 7.92. The molecular weight excluding hydrogens is 581 g/mol. The van der Waals surface area contributed by atoms with Gasteiger partial charge < -0.3 is 8.97 Å². The fraction of sp³-hybridized carbons (Fsp3) is 1.00. The highest BCUT2D eigenvalue weighted by atomic mass is 15.3. The van der Waals surface area contributed by atoms with Crippen LogP contribution in [0, 0.1) is 0 Å². The second-order valence-corrected chi connectivity index (χ2v) is 16.1. The maximum Gasteiger partial charge on any atom is 0.0786 e. The molecule has 48 heavy (non-hydrogen) atoms. The topological polar surface area (TPSA) is 0 Å². The van der Waals surface area contributed by atoms with Gasteiger partial charge in [0.2, 0.25) is 0 Å². The summed E-state index contributed by atoms with van der Waals surface area (Å²) in [5, 5.41) is 0. The first-order chi connectivity index (χ1) is 23.5. The molecule has 0 aliphatic heterocycles. The van der Waals surface area contributed by atoms with E-state index in [0.717, 1.165) is 0 Å². The van der Waals surface area contributed by atoms with Crippen molar-refractivity contribution in [3.63, 3.8) is 0 Å². The molecular formula is C46H100N2+2. The van der Waals surface area contributed by atoms with Crippen LogP contribution in [0.2, 0.25) is 0 Å². The van der Waals surface area contributed by atoms with Crippen LogP contribution < -0.4 is 0 Å². The molecule has 0 saturated carbocycles. The Labute approximate surface area is 308 Å². The van der Waals surface area contributed by atoms with Crippen molar-refractivity contribution in [2.24, 2.45) is 0 Å². The molecule has 0 spiro atoms. The van der Waals surface area contributed by atoms with Gasteiger partial charge in [-0.3, -0.25) is 0 Å². The average Bonchev–Trinajstić information content (AvgIpc) is 3.11. The maximum atomic E-state index is 2.46. The van der Waals surface area contributed by atoms with E-state index in [-0.39, 0.29) is 0 Å². The maximum absolute atomic E-state index is 2.46. The van der Waals surface area contributed by atoms with Crippen LogP contribution in [-0.2, 0) is 0 Å². The zero-order chi connectivity index (χ0) is 35.9. The first kappa shape index (κ1) is 50.0. The molecule has 0 radical (unpaired) electrons. The summed E-state index contributed by atoms with van der Waals surface area (Å²) < 4.78 is 2.84. The van der Waals surface area contributed by atoms with Crippen molar-refractivity contribution in [2.75, 3.05) is 52.4 Å². The first-order valence-corrected chi connectivity index (χ1v) is 23.2. The minimum Gasteiger partial charge on any atom is -0.324 e. The van der Waals surface area contributed by atoms with Gasteiger partial charge in [0.25, 0.3) is 0 Å². The van der Waals surface area contributed by atoms with E-state index in [1.807, 2.05) is 0 Å². The predicted octanol–water partition coefficient (Wildman–Crippen LogP) is 15.5. The second kappa shape index (κ2) is 39.7. The number of rotatable bonds is 38. The van der Waals surface area contributed by atoms with E-state index in [9.17, 15) is 0 Å². The summed E-state index contributed by atoms with van der Waals surface area (Å²) in [6.45, 7) is 30.2. The normalized spacial score (nSPS) is 12.0. The van der Waals surface area contributed by atoms with E-state index in [0.29, 0.717) is 0 Å². The Kier molecular flexibility index (Phi) is 41.4. The Hall–Kier alpha value is -0.0800. The van der Waals surface area contributed by atoms with Crippen molar-refractivity contribution < 1.29 is 8.97 Å². The molecule has 2 heteroatoms. The van der Waals surface area contributed by atoms with Crippen LogP contribution in [0.5, 0.6) is 0 Å². The van der Waals surface area contributed by atoms with Gasteiger partial charge in [-0.05, 0) is 90.9 Å². The summed E-state index contributed by atoms with van der Waals surface area (Å²) in [5.74, 6) is 0. The SMILES string of the molecule is CCCCCCCC[N+](CC)(CCCCCCCC)CCCCCCCC.CCCCCC[N+](CC)(CCCCCC)CCCCCC. The summed E-state index contributed by atoms with van der Waals surface area (Å²) in [6.07, 6.45) is 43.0. The molecule has 0 N–H and O–H groups in total. The Morgan fingerprint density at radius 2 is 0.333 bits per heavy atom. The van der Waals surface area contributed by atoms with Crippen LogP contribution in [-0.4, -0.2) is 61.3 Å². The van der Waals surface area contributed by atoms with Crippen LogP contribution in [0.1, 0.15) is 248 Å². The highest BCUT2D eigenvalue weighted by molar-refractivity contribution is 4.53. The standard InChI is InChI=1S/C26H56N.C20H44N/c1-5-9-12-15-18-21-24-27(8-4,25-22-19-16-13-10-6-2)26-23-20-17-14-11-7-3;1-5-9-12-15-18-21(8-4,19-16-13-10-6-2)20-17-14-11-7-3/h5-26H2,1-4H3;5-20H2,1-4H3/q2*+1. The molecule has 0 aromatic rings. The van der Waals surface area contributed by atoms with Crippen molar-refractivity contribution in [3.05, 3.63) is 0 Å². The lowest BCUT2D eigenvalue weighted by molar-refractivity contribution is -0.927. The minimum atomic E-state index is 1.35. The molecule has 0 aliphatic carbocycles. The zero-order valence-electron chi connectivity index (χ0n) is 35.8. The van der Waals surface area contributed by atoms with Crippen LogP contribution in [0.15, 0.2) is 0 Å². The van der Waals surface area contributed by atoms with Crippen LogP contribution in [0.3, 0.4) is 0 Å². The molecule has 292 valence electrons. The monoisotopic (exact) mass is 681 g/mol. The van der Waals surface area contributed by atoms with Crippen molar-refractivity contribution in [2.45, 2.75) is 248 Å². The van der Waals surface area contributed by atoms with Gasteiger partial charge in [-0.25, -0.2) is 0 Å². The number of hydrogen-bond donors (Lipinski definition) is 0. The Morgan fingerprint density at radius 1 is 0.188 bits per heavy atom. The molecule has 2 nitrogen and oxygen atoms in total.